The highest BCUT2D eigenvalue weighted by Crippen LogP contribution is 2.38. The molecule has 0 aliphatic carbocycles. The second-order valence-electron chi connectivity index (χ2n) is 9.86. The Hall–Kier alpha value is -2.96. The predicted octanol–water partition coefficient (Wildman–Crippen LogP) is 4.87. The third-order valence-electron chi connectivity index (χ3n) is 7.74. The summed E-state index contributed by atoms with van der Waals surface area (Å²) in [6.45, 7) is 7.91. The van der Waals surface area contributed by atoms with Gasteiger partial charge < -0.3 is 9.80 Å². The molecule has 0 saturated carbocycles. The monoisotopic (exact) mass is 501 g/mol. The van der Waals surface area contributed by atoms with E-state index in [-0.39, 0.29) is 23.8 Å². The van der Waals surface area contributed by atoms with E-state index in [0.717, 1.165) is 24.9 Å². The van der Waals surface area contributed by atoms with Crippen molar-refractivity contribution in [3.05, 3.63) is 93.2 Å². The Morgan fingerprint density at radius 1 is 0.889 bits per heavy atom. The van der Waals surface area contributed by atoms with Crippen LogP contribution in [0.4, 0.5) is 0 Å². The van der Waals surface area contributed by atoms with E-state index >= 15 is 0 Å². The van der Waals surface area contributed by atoms with Crippen LogP contribution in [0.3, 0.4) is 0 Å². The smallest absolute Gasteiger partial charge is 0.236 e. The van der Waals surface area contributed by atoms with E-state index in [0.29, 0.717) is 32.7 Å². The van der Waals surface area contributed by atoms with Crippen LogP contribution in [0.25, 0.3) is 0 Å². The molecule has 2 aromatic carbocycles. The second kappa shape index (κ2) is 11.0. The molecule has 2 aliphatic heterocycles. The molecule has 1 saturated heterocycles. The van der Waals surface area contributed by atoms with Crippen LogP contribution in [0, 0.1) is 6.92 Å². The van der Waals surface area contributed by atoms with Crippen LogP contribution < -0.4 is 0 Å². The van der Waals surface area contributed by atoms with Gasteiger partial charge in [-0.15, -0.1) is 11.3 Å². The summed E-state index contributed by atoms with van der Waals surface area (Å²) in [6, 6.07) is 20.9. The third-order valence-corrected chi connectivity index (χ3v) is 8.74. The largest absolute Gasteiger partial charge is 0.339 e. The van der Waals surface area contributed by atoms with Gasteiger partial charge in [0.25, 0.3) is 0 Å². The molecule has 0 unspecified atom stereocenters. The zero-order valence-electron chi connectivity index (χ0n) is 21.2. The van der Waals surface area contributed by atoms with Crippen molar-refractivity contribution in [3.8, 4) is 0 Å². The number of rotatable bonds is 6. The molecule has 188 valence electrons. The molecule has 3 aromatic rings. The lowest BCUT2D eigenvalue weighted by Crippen LogP contribution is -2.54. The fourth-order valence-electron chi connectivity index (χ4n) is 5.71. The summed E-state index contributed by atoms with van der Waals surface area (Å²) in [4.78, 5) is 34.4. The van der Waals surface area contributed by atoms with Crippen molar-refractivity contribution in [3.63, 3.8) is 0 Å². The summed E-state index contributed by atoms with van der Waals surface area (Å²) in [5.74, 6) is 0.224. The summed E-state index contributed by atoms with van der Waals surface area (Å²) in [5.41, 5.74) is 4.96. The highest BCUT2D eigenvalue weighted by atomic mass is 32.1. The van der Waals surface area contributed by atoms with Gasteiger partial charge in [0.1, 0.15) is 0 Å². The van der Waals surface area contributed by atoms with Crippen molar-refractivity contribution >= 4 is 23.2 Å². The minimum absolute atomic E-state index is 0.114. The first kappa shape index (κ1) is 24.7. The first-order valence-corrected chi connectivity index (χ1v) is 13.9. The van der Waals surface area contributed by atoms with Gasteiger partial charge in [0.05, 0.1) is 18.5 Å². The summed E-state index contributed by atoms with van der Waals surface area (Å²) in [5, 5.41) is 2.18. The Morgan fingerprint density at radius 2 is 1.58 bits per heavy atom. The minimum atomic E-state index is -0.114. The molecule has 0 radical (unpaired) electrons. The molecule has 2 atom stereocenters. The number of carbonyl (C=O) groups excluding carboxylic acids is 2. The predicted molar refractivity (Wildman–Crippen MR) is 145 cm³/mol. The molecular formula is C30H35N3O2S. The summed E-state index contributed by atoms with van der Waals surface area (Å²) in [6.07, 6.45) is 1.77. The normalized spacial score (nSPS) is 19.1. The number of benzene rings is 2. The molecule has 6 heteroatoms. The van der Waals surface area contributed by atoms with E-state index in [1.165, 1.54) is 21.6 Å². The van der Waals surface area contributed by atoms with Crippen molar-refractivity contribution in [1.29, 1.82) is 0 Å². The third kappa shape index (κ3) is 4.97. The topological polar surface area (TPSA) is 43.9 Å². The van der Waals surface area contributed by atoms with E-state index in [1.807, 2.05) is 51.5 Å². The zero-order valence-corrected chi connectivity index (χ0v) is 22.0. The van der Waals surface area contributed by atoms with Crippen LogP contribution in [0.1, 0.15) is 52.4 Å². The van der Waals surface area contributed by atoms with Gasteiger partial charge in [0.2, 0.25) is 11.8 Å². The maximum atomic E-state index is 13.4. The molecule has 5 rings (SSSR count). The van der Waals surface area contributed by atoms with E-state index in [2.05, 4.69) is 54.5 Å². The molecule has 0 bridgehead atoms. The number of nitrogens with zero attached hydrogens (tertiary/aromatic N) is 3. The number of thiophene rings is 1. The van der Waals surface area contributed by atoms with E-state index in [9.17, 15) is 9.59 Å². The van der Waals surface area contributed by atoms with Crippen molar-refractivity contribution in [2.75, 3.05) is 39.3 Å². The van der Waals surface area contributed by atoms with Crippen LogP contribution in [-0.2, 0) is 16.0 Å². The minimum Gasteiger partial charge on any atom is -0.339 e. The fraction of sp³-hybridized carbons (Fsp3) is 0.400. The molecule has 1 aromatic heterocycles. The lowest BCUT2D eigenvalue weighted by atomic mass is 9.90. The van der Waals surface area contributed by atoms with Gasteiger partial charge in [-0.05, 0) is 53.5 Å². The van der Waals surface area contributed by atoms with Crippen molar-refractivity contribution < 1.29 is 9.59 Å². The van der Waals surface area contributed by atoms with Crippen molar-refractivity contribution in [2.45, 2.75) is 38.6 Å². The SMILES string of the molecule is CC[C@H](C(=O)N1CCN(C(=O)CN2CCc3sccc3[C@H]2c2ccccc2C)CC1)c1ccccc1. The second-order valence-corrected chi connectivity index (χ2v) is 10.9. The molecular weight excluding hydrogens is 466 g/mol. The van der Waals surface area contributed by atoms with Crippen LogP contribution in [0.5, 0.6) is 0 Å². The molecule has 36 heavy (non-hydrogen) atoms. The molecule has 1 fully saturated rings. The highest BCUT2D eigenvalue weighted by Gasteiger charge is 2.34. The highest BCUT2D eigenvalue weighted by molar-refractivity contribution is 7.10. The Balaban J connectivity index is 1.24. The summed E-state index contributed by atoms with van der Waals surface area (Å²) >= 11 is 1.82. The van der Waals surface area contributed by atoms with Gasteiger partial charge in [-0.3, -0.25) is 14.5 Å². The van der Waals surface area contributed by atoms with Crippen LogP contribution in [-0.4, -0.2) is 65.8 Å². The lowest BCUT2D eigenvalue weighted by Gasteiger charge is -2.40. The van der Waals surface area contributed by atoms with Gasteiger partial charge >= 0.3 is 0 Å². The Kier molecular flexibility index (Phi) is 7.54. The Morgan fingerprint density at radius 3 is 2.31 bits per heavy atom. The number of fused-ring (bicyclic) bond motifs is 1. The van der Waals surface area contributed by atoms with Gasteiger partial charge in [0, 0.05) is 37.6 Å². The van der Waals surface area contributed by atoms with Crippen LogP contribution in [0.15, 0.2) is 66.0 Å². The van der Waals surface area contributed by atoms with Gasteiger partial charge in [0.15, 0.2) is 0 Å². The van der Waals surface area contributed by atoms with Crippen molar-refractivity contribution in [1.82, 2.24) is 14.7 Å². The van der Waals surface area contributed by atoms with Gasteiger partial charge in [-0.2, -0.15) is 0 Å². The molecule has 3 heterocycles. The number of piperazine rings is 1. The Bertz CT molecular complexity index is 1200. The van der Waals surface area contributed by atoms with E-state index in [1.54, 1.807) is 0 Å². The number of carbonyl (C=O) groups is 2. The lowest BCUT2D eigenvalue weighted by molar-refractivity contribution is -0.141. The standard InChI is InChI=1S/C30H35N3O2S/c1-3-24(23-10-5-4-6-11-23)30(35)32-18-16-31(17-19-32)28(34)21-33-15-13-27-26(14-20-36-27)29(33)25-12-8-7-9-22(25)2/h4-12,14,20,24,29H,3,13,15-19,21H2,1-2H3/t24-,29+/m0/s1. The molecule has 2 amide bonds. The van der Waals surface area contributed by atoms with E-state index < -0.39 is 0 Å². The molecule has 0 N–H and O–H groups in total. The zero-order chi connectivity index (χ0) is 25.1. The first-order chi connectivity index (χ1) is 17.6. The number of hydrogen-bond donors (Lipinski definition) is 0. The average Bonchev–Trinajstić information content (AvgIpc) is 3.39. The van der Waals surface area contributed by atoms with E-state index in [4.69, 9.17) is 0 Å². The maximum Gasteiger partial charge on any atom is 0.236 e. The average molecular weight is 502 g/mol. The van der Waals surface area contributed by atoms with Crippen LogP contribution >= 0.6 is 11.3 Å². The summed E-state index contributed by atoms with van der Waals surface area (Å²) in [7, 11) is 0. The Labute approximate surface area is 218 Å². The fourth-order valence-corrected chi connectivity index (χ4v) is 6.61. The number of hydrogen-bond acceptors (Lipinski definition) is 4. The maximum absolute atomic E-state index is 13.4. The van der Waals surface area contributed by atoms with Gasteiger partial charge in [-0.1, -0.05) is 61.5 Å². The van der Waals surface area contributed by atoms with Gasteiger partial charge in [-0.25, -0.2) is 0 Å². The molecule has 2 aliphatic rings. The number of aryl methyl sites for hydroxylation is 1. The summed E-state index contributed by atoms with van der Waals surface area (Å²) < 4.78 is 0. The quantitative estimate of drug-likeness (QED) is 0.484. The number of amides is 2. The van der Waals surface area contributed by atoms with Crippen LogP contribution in [0.2, 0.25) is 0 Å². The van der Waals surface area contributed by atoms with Crippen molar-refractivity contribution in [2.24, 2.45) is 0 Å². The first-order valence-electron chi connectivity index (χ1n) is 13.0. The molecule has 0 spiro atoms. The molecule has 5 nitrogen and oxygen atoms in total.